The largest absolute Gasteiger partial charge is 0.467 e. The van der Waals surface area contributed by atoms with Gasteiger partial charge in [0.05, 0.1) is 36.4 Å². The van der Waals surface area contributed by atoms with Crippen LogP contribution >= 0.6 is 11.3 Å². The Morgan fingerprint density at radius 1 is 1.40 bits per heavy atom. The second kappa shape index (κ2) is 6.02. The smallest absolute Gasteiger partial charge is 0.337 e. The number of carbonyl (C=O) groups is 1. The van der Waals surface area contributed by atoms with Crippen molar-refractivity contribution >= 4 is 38.3 Å². The van der Waals surface area contributed by atoms with Gasteiger partial charge in [-0.25, -0.2) is 9.78 Å². The zero-order chi connectivity index (χ0) is 17.4. The van der Waals surface area contributed by atoms with E-state index in [9.17, 15) is 9.59 Å². The van der Waals surface area contributed by atoms with Crippen LogP contribution in [0.4, 0.5) is 5.13 Å². The van der Waals surface area contributed by atoms with Crippen molar-refractivity contribution in [1.82, 2.24) is 14.6 Å². The number of nitrogens with zero attached hydrogens (tertiary/aromatic N) is 3. The Morgan fingerprint density at radius 3 is 3.04 bits per heavy atom. The highest BCUT2D eigenvalue weighted by atomic mass is 32.1. The van der Waals surface area contributed by atoms with Gasteiger partial charge in [-0.3, -0.25) is 4.79 Å². The summed E-state index contributed by atoms with van der Waals surface area (Å²) in [7, 11) is 1.30. The lowest BCUT2D eigenvalue weighted by atomic mass is 10.1. The number of hydrogen-bond acceptors (Lipinski definition) is 8. The van der Waals surface area contributed by atoms with Gasteiger partial charge in [-0.05, 0) is 30.3 Å². The molecule has 0 radical (unpaired) electrons. The molecule has 9 heteroatoms. The standard InChI is InChI=1S/C16H12N4O4S/c1-23-14(22)9-4-5-11-12(7-9)18-16-20(13(11)21)19-15(25-16)17-8-10-3-2-6-24-10/h2-7H,8H2,1H3,(H,17,19). The van der Waals surface area contributed by atoms with Gasteiger partial charge in [0.2, 0.25) is 10.1 Å². The maximum absolute atomic E-state index is 12.6. The molecule has 0 aliphatic rings. The molecule has 0 atom stereocenters. The molecular formula is C16H12N4O4S. The number of carbonyl (C=O) groups excluding carboxylic acids is 1. The molecular weight excluding hydrogens is 344 g/mol. The first kappa shape index (κ1) is 15.3. The van der Waals surface area contributed by atoms with Gasteiger partial charge in [-0.15, -0.1) is 5.10 Å². The molecule has 0 saturated heterocycles. The van der Waals surface area contributed by atoms with Crippen LogP contribution in [0.5, 0.6) is 0 Å². The number of furan rings is 1. The van der Waals surface area contributed by atoms with Crippen molar-refractivity contribution in [3.8, 4) is 0 Å². The van der Waals surface area contributed by atoms with E-state index in [1.54, 1.807) is 18.4 Å². The molecule has 0 aliphatic carbocycles. The lowest BCUT2D eigenvalue weighted by molar-refractivity contribution is 0.0601. The number of benzene rings is 1. The Morgan fingerprint density at radius 2 is 2.28 bits per heavy atom. The summed E-state index contributed by atoms with van der Waals surface area (Å²) in [6, 6.07) is 8.27. The number of rotatable bonds is 4. The SMILES string of the molecule is COC(=O)c1ccc2c(=O)n3nc(NCc4ccco4)sc3nc2c1. The minimum atomic E-state index is -0.478. The van der Waals surface area contributed by atoms with Crippen LogP contribution in [0.2, 0.25) is 0 Å². The van der Waals surface area contributed by atoms with Crippen molar-refractivity contribution in [2.24, 2.45) is 0 Å². The maximum Gasteiger partial charge on any atom is 0.337 e. The number of ether oxygens (including phenoxy) is 1. The third-order valence-corrected chi connectivity index (χ3v) is 4.48. The summed E-state index contributed by atoms with van der Waals surface area (Å²) in [5, 5.41) is 8.28. The van der Waals surface area contributed by atoms with Crippen molar-refractivity contribution in [2.75, 3.05) is 12.4 Å². The first-order chi connectivity index (χ1) is 12.2. The Bertz CT molecular complexity index is 1130. The normalized spacial score (nSPS) is 11.1. The molecule has 8 nitrogen and oxygen atoms in total. The molecule has 0 aliphatic heterocycles. The molecule has 3 aromatic heterocycles. The summed E-state index contributed by atoms with van der Waals surface area (Å²) in [4.78, 5) is 29.1. The molecule has 4 rings (SSSR count). The molecule has 3 heterocycles. The predicted molar refractivity (Wildman–Crippen MR) is 92.0 cm³/mol. The minimum absolute atomic E-state index is 0.293. The monoisotopic (exact) mass is 356 g/mol. The van der Waals surface area contributed by atoms with E-state index in [2.05, 4.69) is 15.4 Å². The molecule has 0 saturated carbocycles. The molecule has 0 bridgehead atoms. The fraction of sp³-hybridized carbons (Fsp3) is 0.125. The molecule has 1 N–H and O–H groups in total. The first-order valence-electron chi connectivity index (χ1n) is 7.34. The summed E-state index contributed by atoms with van der Waals surface area (Å²) in [5.41, 5.74) is 0.472. The number of hydrogen-bond donors (Lipinski definition) is 1. The highest BCUT2D eigenvalue weighted by Crippen LogP contribution is 2.20. The van der Waals surface area contributed by atoms with E-state index < -0.39 is 5.97 Å². The second-order valence-electron chi connectivity index (χ2n) is 5.17. The number of esters is 1. The van der Waals surface area contributed by atoms with Gasteiger partial charge in [0.15, 0.2) is 0 Å². The Labute approximate surface area is 144 Å². The predicted octanol–water partition coefficient (Wildman–Crippen LogP) is 2.30. The average Bonchev–Trinajstić information content (AvgIpc) is 3.28. The molecule has 0 amide bonds. The van der Waals surface area contributed by atoms with Gasteiger partial charge in [0.1, 0.15) is 5.76 Å². The van der Waals surface area contributed by atoms with E-state index in [-0.39, 0.29) is 5.56 Å². The topological polar surface area (TPSA) is 98.7 Å². The van der Waals surface area contributed by atoms with Crippen LogP contribution in [0.3, 0.4) is 0 Å². The van der Waals surface area contributed by atoms with Gasteiger partial charge in [0.25, 0.3) is 5.56 Å². The highest BCUT2D eigenvalue weighted by Gasteiger charge is 2.13. The fourth-order valence-corrected chi connectivity index (χ4v) is 3.19. The summed E-state index contributed by atoms with van der Waals surface area (Å²) >= 11 is 1.24. The van der Waals surface area contributed by atoms with Crippen molar-refractivity contribution in [3.05, 3.63) is 58.3 Å². The van der Waals surface area contributed by atoms with E-state index >= 15 is 0 Å². The minimum Gasteiger partial charge on any atom is -0.467 e. The third-order valence-electron chi connectivity index (χ3n) is 3.61. The van der Waals surface area contributed by atoms with Crippen molar-refractivity contribution < 1.29 is 13.9 Å². The van der Waals surface area contributed by atoms with Crippen LogP contribution in [0.15, 0.2) is 45.8 Å². The first-order valence-corrected chi connectivity index (χ1v) is 8.15. The highest BCUT2D eigenvalue weighted by molar-refractivity contribution is 7.20. The van der Waals surface area contributed by atoms with E-state index in [1.807, 2.05) is 6.07 Å². The van der Waals surface area contributed by atoms with E-state index in [0.29, 0.717) is 33.1 Å². The van der Waals surface area contributed by atoms with Crippen LogP contribution in [0.1, 0.15) is 16.1 Å². The number of anilines is 1. The Balaban J connectivity index is 1.75. The zero-order valence-electron chi connectivity index (χ0n) is 13.1. The van der Waals surface area contributed by atoms with Crippen LogP contribution in [-0.2, 0) is 11.3 Å². The van der Waals surface area contributed by atoms with Gasteiger partial charge in [-0.1, -0.05) is 11.3 Å². The Kier molecular flexibility index (Phi) is 3.69. The third kappa shape index (κ3) is 2.74. The van der Waals surface area contributed by atoms with Crippen molar-refractivity contribution in [2.45, 2.75) is 6.54 Å². The van der Waals surface area contributed by atoms with E-state index in [0.717, 1.165) is 5.76 Å². The molecule has 0 spiro atoms. The summed E-state index contributed by atoms with van der Waals surface area (Å²) in [6.07, 6.45) is 1.59. The fourth-order valence-electron chi connectivity index (χ4n) is 2.40. The quantitative estimate of drug-likeness (QED) is 0.560. The lowest BCUT2D eigenvalue weighted by Gasteiger charge is -2.01. The van der Waals surface area contributed by atoms with Crippen molar-refractivity contribution in [1.29, 1.82) is 0 Å². The van der Waals surface area contributed by atoms with Crippen LogP contribution in [0.25, 0.3) is 15.9 Å². The molecule has 0 fully saturated rings. The Hall–Kier alpha value is -3.20. The lowest BCUT2D eigenvalue weighted by Crippen LogP contribution is -2.16. The molecule has 0 unspecified atom stereocenters. The summed E-state index contributed by atoms with van der Waals surface area (Å²) in [6.45, 7) is 0.452. The van der Waals surface area contributed by atoms with Gasteiger partial charge in [0, 0.05) is 0 Å². The summed E-state index contributed by atoms with van der Waals surface area (Å²) < 4.78 is 11.2. The van der Waals surface area contributed by atoms with Crippen LogP contribution in [0, 0.1) is 0 Å². The van der Waals surface area contributed by atoms with E-state index in [1.165, 1.54) is 35.1 Å². The maximum atomic E-state index is 12.6. The number of nitrogens with one attached hydrogen (secondary N) is 1. The van der Waals surface area contributed by atoms with Gasteiger partial charge >= 0.3 is 5.97 Å². The van der Waals surface area contributed by atoms with Gasteiger partial charge in [-0.2, -0.15) is 4.52 Å². The van der Waals surface area contributed by atoms with Crippen LogP contribution in [-0.4, -0.2) is 27.7 Å². The number of fused-ring (bicyclic) bond motifs is 2. The summed E-state index contributed by atoms with van der Waals surface area (Å²) in [5.74, 6) is 0.279. The molecule has 4 aromatic rings. The van der Waals surface area contributed by atoms with E-state index in [4.69, 9.17) is 9.15 Å². The zero-order valence-corrected chi connectivity index (χ0v) is 13.9. The molecule has 126 valence electrons. The van der Waals surface area contributed by atoms with Crippen LogP contribution < -0.4 is 10.9 Å². The average molecular weight is 356 g/mol. The second-order valence-corrected chi connectivity index (χ2v) is 6.13. The number of aromatic nitrogens is 3. The molecule has 25 heavy (non-hydrogen) atoms. The number of methoxy groups -OCH3 is 1. The van der Waals surface area contributed by atoms with Gasteiger partial charge < -0.3 is 14.5 Å². The van der Waals surface area contributed by atoms with Crippen molar-refractivity contribution in [3.63, 3.8) is 0 Å². The molecule has 1 aromatic carbocycles.